The lowest BCUT2D eigenvalue weighted by Crippen LogP contribution is -2.52. The normalized spacial score (nSPS) is 16.4. The van der Waals surface area contributed by atoms with Gasteiger partial charge in [-0.15, -0.1) is 10.2 Å². The van der Waals surface area contributed by atoms with Crippen molar-refractivity contribution in [2.24, 2.45) is 5.92 Å². The highest BCUT2D eigenvalue weighted by atomic mass is 35.5. The van der Waals surface area contributed by atoms with E-state index in [2.05, 4.69) is 15.1 Å². The number of fused-ring (bicyclic) bond motifs is 1. The minimum atomic E-state index is -0.156. The van der Waals surface area contributed by atoms with Crippen molar-refractivity contribution in [1.82, 2.24) is 20.0 Å². The maximum Gasteiger partial charge on any atom is 0.254 e. The van der Waals surface area contributed by atoms with E-state index in [0.717, 1.165) is 29.9 Å². The standard InChI is InChI=1S/C28H28ClN5O4/c29-22-4-2-1-3-21(22)23-8-10-26(31-30-23)32-11-13-33(14-12-32)27(35)17-34(16-19-5-6-19)28(36)20-7-9-24-25(15-20)38-18-37-24/h1-4,7-10,15,19H,5-6,11-14,16-18H2. The minimum Gasteiger partial charge on any atom is -0.454 e. The van der Waals surface area contributed by atoms with Crippen molar-refractivity contribution in [3.8, 4) is 22.8 Å². The second-order valence-corrected chi connectivity index (χ2v) is 10.2. The molecule has 2 amide bonds. The first-order chi connectivity index (χ1) is 18.5. The molecule has 38 heavy (non-hydrogen) atoms. The van der Waals surface area contributed by atoms with Crippen LogP contribution in [0.1, 0.15) is 23.2 Å². The van der Waals surface area contributed by atoms with Crippen LogP contribution in [0.3, 0.4) is 0 Å². The van der Waals surface area contributed by atoms with E-state index in [-0.39, 0.29) is 25.2 Å². The van der Waals surface area contributed by atoms with Gasteiger partial charge < -0.3 is 24.2 Å². The number of aromatic nitrogens is 2. The number of amides is 2. The molecular weight excluding hydrogens is 506 g/mol. The van der Waals surface area contributed by atoms with Gasteiger partial charge in [-0.2, -0.15) is 0 Å². The Labute approximate surface area is 225 Å². The molecule has 0 spiro atoms. The van der Waals surface area contributed by atoms with E-state index >= 15 is 0 Å². The maximum atomic E-state index is 13.3. The van der Waals surface area contributed by atoms with E-state index in [9.17, 15) is 9.59 Å². The molecule has 2 fully saturated rings. The van der Waals surface area contributed by atoms with Gasteiger partial charge in [-0.05, 0) is 55.2 Å². The van der Waals surface area contributed by atoms with Crippen molar-refractivity contribution in [3.05, 3.63) is 65.2 Å². The maximum absolute atomic E-state index is 13.3. The minimum absolute atomic E-state index is 0.0421. The van der Waals surface area contributed by atoms with Gasteiger partial charge in [0.15, 0.2) is 17.3 Å². The third-order valence-electron chi connectivity index (χ3n) is 7.17. The molecule has 10 heteroatoms. The molecule has 196 valence electrons. The lowest BCUT2D eigenvalue weighted by atomic mass is 10.1. The number of piperazine rings is 1. The van der Waals surface area contributed by atoms with Crippen LogP contribution in [0.2, 0.25) is 5.02 Å². The van der Waals surface area contributed by atoms with Crippen LogP contribution >= 0.6 is 11.6 Å². The van der Waals surface area contributed by atoms with Crippen LogP contribution in [-0.4, -0.2) is 77.9 Å². The Morgan fingerprint density at radius 1 is 0.947 bits per heavy atom. The molecule has 3 heterocycles. The quantitative estimate of drug-likeness (QED) is 0.457. The molecule has 2 aromatic carbocycles. The van der Waals surface area contributed by atoms with Gasteiger partial charge in [0.2, 0.25) is 12.7 Å². The molecule has 9 nitrogen and oxygen atoms in total. The lowest BCUT2D eigenvalue weighted by molar-refractivity contribution is -0.132. The summed E-state index contributed by atoms with van der Waals surface area (Å²) in [5.74, 6) is 2.22. The summed E-state index contributed by atoms with van der Waals surface area (Å²) in [6.45, 7) is 3.21. The molecule has 2 aliphatic heterocycles. The highest BCUT2D eigenvalue weighted by molar-refractivity contribution is 6.33. The van der Waals surface area contributed by atoms with Gasteiger partial charge in [0.1, 0.15) is 6.54 Å². The Hall–Kier alpha value is -3.85. The number of carbonyl (C=O) groups is 2. The fourth-order valence-electron chi connectivity index (χ4n) is 4.80. The van der Waals surface area contributed by atoms with Gasteiger partial charge in [-0.25, -0.2) is 0 Å². The summed E-state index contributed by atoms with van der Waals surface area (Å²) < 4.78 is 10.8. The largest absolute Gasteiger partial charge is 0.454 e. The third kappa shape index (κ3) is 5.24. The second kappa shape index (κ2) is 10.5. The van der Waals surface area contributed by atoms with Gasteiger partial charge in [0.05, 0.1) is 10.7 Å². The number of anilines is 1. The molecule has 1 aromatic heterocycles. The number of halogens is 1. The monoisotopic (exact) mass is 533 g/mol. The molecule has 0 N–H and O–H groups in total. The smallest absolute Gasteiger partial charge is 0.254 e. The Morgan fingerprint density at radius 3 is 2.47 bits per heavy atom. The molecular formula is C28H28ClN5O4. The van der Waals surface area contributed by atoms with Gasteiger partial charge >= 0.3 is 0 Å². The zero-order chi connectivity index (χ0) is 26.1. The summed E-state index contributed by atoms with van der Waals surface area (Å²) in [4.78, 5) is 32.2. The van der Waals surface area contributed by atoms with Crippen LogP contribution in [0.4, 0.5) is 5.82 Å². The van der Waals surface area contributed by atoms with Crippen molar-refractivity contribution >= 4 is 29.2 Å². The van der Waals surface area contributed by atoms with E-state index in [0.29, 0.717) is 60.7 Å². The fourth-order valence-corrected chi connectivity index (χ4v) is 5.03. The highest BCUT2D eigenvalue weighted by Gasteiger charge is 2.31. The number of ether oxygens (including phenoxy) is 2. The molecule has 1 saturated heterocycles. The SMILES string of the molecule is O=C(CN(CC1CC1)C(=O)c1ccc2c(c1)OCO2)N1CCN(c2ccc(-c3ccccc3Cl)nn2)CC1. The van der Waals surface area contributed by atoms with Crippen LogP contribution < -0.4 is 14.4 Å². The number of benzene rings is 2. The van der Waals surface area contributed by atoms with E-state index in [1.165, 1.54) is 0 Å². The first-order valence-electron chi connectivity index (χ1n) is 12.9. The number of hydrogen-bond acceptors (Lipinski definition) is 7. The fraction of sp³-hybridized carbons (Fsp3) is 0.357. The Morgan fingerprint density at radius 2 is 1.74 bits per heavy atom. The third-order valence-corrected chi connectivity index (χ3v) is 7.49. The number of carbonyl (C=O) groups excluding carboxylic acids is 2. The zero-order valence-corrected chi connectivity index (χ0v) is 21.6. The van der Waals surface area contributed by atoms with Crippen molar-refractivity contribution in [2.45, 2.75) is 12.8 Å². The summed E-state index contributed by atoms with van der Waals surface area (Å²) in [6, 6.07) is 16.6. The van der Waals surface area contributed by atoms with E-state index in [1.807, 2.05) is 41.3 Å². The van der Waals surface area contributed by atoms with E-state index < -0.39 is 0 Å². The van der Waals surface area contributed by atoms with Gasteiger partial charge in [0, 0.05) is 43.9 Å². The van der Waals surface area contributed by atoms with Crippen LogP contribution in [0.15, 0.2) is 54.6 Å². The lowest BCUT2D eigenvalue weighted by Gasteiger charge is -2.36. The molecule has 3 aromatic rings. The molecule has 6 rings (SSSR count). The summed E-state index contributed by atoms with van der Waals surface area (Å²) in [6.07, 6.45) is 2.18. The van der Waals surface area contributed by atoms with Gasteiger partial charge in [0.25, 0.3) is 5.91 Å². The number of rotatable bonds is 7. The average Bonchev–Trinajstić information content (AvgIpc) is 3.65. The molecule has 0 bridgehead atoms. The van der Waals surface area contributed by atoms with Crippen molar-refractivity contribution in [1.29, 1.82) is 0 Å². The first-order valence-corrected chi connectivity index (χ1v) is 13.2. The molecule has 0 unspecified atom stereocenters. The Balaban J connectivity index is 1.07. The van der Waals surface area contributed by atoms with Crippen LogP contribution in [0.25, 0.3) is 11.3 Å². The predicted octanol–water partition coefficient (Wildman–Crippen LogP) is 3.73. The Bertz CT molecular complexity index is 1340. The molecule has 0 atom stereocenters. The van der Waals surface area contributed by atoms with Crippen molar-refractivity contribution in [3.63, 3.8) is 0 Å². The zero-order valence-electron chi connectivity index (χ0n) is 20.9. The first kappa shape index (κ1) is 24.5. The average molecular weight is 534 g/mol. The van der Waals surface area contributed by atoms with Crippen LogP contribution in [0, 0.1) is 5.92 Å². The summed E-state index contributed by atoms with van der Waals surface area (Å²) in [5, 5.41) is 9.40. The van der Waals surface area contributed by atoms with Crippen molar-refractivity contribution in [2.75, 3.05) is 51.0 Å². The van der Waals surface area contributed by atoms with Gasteiger partial charge in [-0.3, -0.25) is 9.59 Å². The topological polar surface area (TPSA) is 88.1 Å². The highest BCUT2D eigenvalue weighted by Crippen LogP contribution is 2.34. The predicted molar refractivity (Wildman–Crippen MR) is 142 cm³/mol. The summed E-state index contributed by atoms with van der Waals surface area (Å²) in [5.41, 5.74) is 2.07. The second-order valence-electron chi connectivity index (χ2n) is 9.82. The van der Waals surface area contributed by atoms with Crippen LogP contribution in [-0.2, 0) is 4.79 Å². The summed E-state index contributed by atoms with van der Waals surface area (Å²) >= 11 is 6.29. The molecule has 3 aliphatic rings. The summed E-state index contributed by atoms with van der Waals surface area (Å²) in [7, 11) is 0. The molecule has 1 aliphatic carbocycles. The Kier molecular flexibility index (Phi) is 6.76. The number of nitrogens with zero attached hydrogens (tertiary/aromatic N) is 5. The van der Waals surface area contributed by atoms with E-state index in [4.69, 9.17) is 21.1 Å². The van der Waals surface area contributed by atoms with Crippen molar-refractivity contribution < 1.29 is 19.1 Å². The van der Waals surface area contributed by atoms with E-state index in [1.54, 1.807) is 23.1 Å². The van der Waals surface area contributed by atoms with Crippen LogP contribution in [0.5, 0.6) is 11.5 Å². The van der Waals surface area contributed by atoms with Gasteiger partial charge in [-0.1, -0.05) is 29.8 Å². The molecule has 1 saturated carbocycles. The number of hydrogen-bond donors (Lipinski definition) is 0. The molecule has 0 radical (unpaired) electrons.